The van der Waals surface area contributed by atoms with Gasteiger partial charge in [-0.3, -0.25) is 0 Å². The largest absolute Gasteiger partial charge is 0.382 e. The summed E-state index contributed by atoms with van der Waals surface area (Å²) >= 11 is 0. The summed E-state index contributed by atoms with van der Waals surface area (Å²) in [7, 11) is 0. The maximum atomic E-state index is 5.29. The Morgan fingerprint density at radius 1 is 1.31 bits per heavy atom. The summed E-state index contributed by atoms with van der Waals surface area (Å²) in [6.45, 7) is 10.6. The van der Waals surface area contributed by atoms with Crippen molar-refractivity contribution in [3.8, 4) is 0 Å². The number of hydrogen-bond donors (Lipinski definition) is 1. The summed E-state index contributed by atoms with van der Waals surface area (Å²) in [6, 6.07) is 0. The fourth-order valence-electron chi connectivity index (χ4n) is 1.31. The van der Waals surface area contributed by atoms with Crippen LogP contribution in [-0.2, 0) is 4.74 Å². The molecule has 0 amide bonds. The van der Waals surface area contributed by atoms with Gasteiger partial charge in [-0.2, -0.15) is 0 Å². The standard InChI is InChI=1S/C11H25NO/c1-4-8-12-10-11(3)7-6-9-13-5-2/h11-12H,4-10H2,1-3H3. The third-order valence-electron chi connectivity index (χ3n) is 2.11. The Balaban J connectivity index is 3.05. The first kappa shape index (κ1) is 12.9. The van der Waals surface area contributed by atoms with Crippen LogP contribution in [0.25, 0.3) is 0 Å². The zero-order chi connectivity index (χ0) is 9.94. The van der Waals surface area contributed by atoms with E-state index in [9.17, 15) is 0 Å². The van der Waals surface area contributed by atoms with Crippen LogP contribution in [0, 0.1) is 5.92 Å². The Hall–Kier alpha value is -0.0800. The molecular formula is C11H25NO. The minimum absolute atomic E-state index is 0.784. The molecule has 0 fully saturated rings. The van der Waals surface area contributed by atoms with E-state index < -0.39 is 0 Å². The minimum atomic E-state index is 0.784. The molecular weight excluding hydrogens is 162 g/mol. The minimum Gasteiger partial charge on any atom is -0.382 e. The SMILES string of the molecule is CCCNCC(C)CCCOCC. The molecule has 2 heteroatoms. The second-order valence-electron chi connectivity index (χ2n) is 3.65. The van der Waals surface area contributed by atoms with E-state index in [-0.39, 0.29) is 0 Å². The van der Waals surface area contributed by atoms with Crippen molar-refractivity contribution in [2.75, 3.05) is 26.3 Å². The molecule has 0 aromatic carbocycles. The summed E-state index contributed by atoms with van der Waals surface area (Å²) in [5, 5.41) is 3.43. The zero-order valence-corrected chi connectivity index (χ0v) is 9.44. The van der Waals surface area contributed by atoms with E-state index in [0.29, 0.717) is 0 Å². The van der Waals surface area contributed by atoms with Gasteiger partial charge >= 0.3 is 0 Å². The van der Waals surface area contributed by atoms with Gasteiger partial charge in [-0.15, -0.1) is 0 Å². The number of nitrogens with one attached hydrogen (secondary N) is 1. The molecule has 0 radical (unpaired) electrons. The van der Waals surface area contributed by atoms with E-state index in [2.05, 4.69) is 19.2 Å². The molecule has 2 nitrogen and oxygen atoms in total. The Labute approximate surface area is 83.1 Å². The number of ether oxygens (including phenoxy) is 1. The van der Waals surface area contributed by atoms with Crippen LogP contribution in [0.5, 0.6) is 0 Å². The third-order valence-corrected chi connectivity index (χ3v) is 2.11. The summed E-state index contributed by atoms with van der Waals surface area (Å²) in [6.07, 6.45) is 3.70. The average Bonchev–Trinajstić information content (AvgIpc) is 2.13. The summed E-state index contributed by atoms with van der Waals surface area (Å²) < 4.78 is 5.29. The van der Waals surface area contributed by atoms with Gasteiger partial charge in [0.15, 0.2) is 0 Å². The summed E-state index contributed by atoms with van der Waals surface area (Å²) in [4.78, 5) is 0. The third kappa shape index (κ3) is 9.84. The van der Waals surface area contributed by atoms with Crippen LogP contribution in [0.15, 0.2) is 0 Å². The lowest BCUT2D eigenvalue weighted by atomic mass is 10.1. The van der Waals surface area contributed by atoms with Crippen LogP contribution in [0.3, 0.4) is 0 Å². The van der Waals surface area contributed by atoms with Gasteiger partial charge < -0.3 is 10.1 Å². The van der Waals surface area contributed by atoms with Gasteiger partial charge in [0.2, 0.25) is 0 Å². The summed E-state index contributed by atoms with van der Waals surface area (Å²) in [5.41, 5.74) is 0. The lowest BCUT2D eigenvalue weighted by Gasteiger charge is -2.11. The fraction of sp³-hybridized carbons (Fsp3) is 1.00. The quantitative estimate of drug-likeness (QED) is 0.560. The van der Waals surface area contributed by atoms with E-state index in [4.69, 9.17) is 4.74 Å². The van der Waals surface area contributed by atoms with Crippen LogP contribution in [-0.4, -0.2) is 26.3 Å². The van der Waals surface area contributed by atoms with E-state index in [1.807, 2.05) is 6.92 Å². The second-order valence-corrected chi connectivity index (χ2v) is 3.65. The van der Waals surface area contributed by atoms with Crippen molar-refractivity contribution in [1.82, 2.24) is 5.32 Å². The molecule has 1 unspecified atom stereocenters. The van der Waals surface area contributed by atoms with Gasteiger partial charge in [-0.05, 0) is 45.2 Å². The average molecular weight is 187 g/mol. The maximum absolute atomic E-state index is 5.29. The van der Waals surface area contributed by atoms with Gasteiger partial charge in [-0.25, -0.2) is 0 Å². The molecule has 0 aromatic rings. The van der Waals surface area contributed by atoms with Crippen molar-refractivity contribution in [2.24, 2.45) is 5.92 Å². The van der Waals surface area contributed by atoms with Crippen molar-refractivity contribution >= 4 is 0 Å². The van der Waals surface area contributed by atoms with Crippen molar-refractivity contribution in [2.45, 2.75) is 40.0 Å². The Bertz CT molecular complexity index is 96.1. The first-order valence-corrected chi connectivity index (χ1v) is 5.59. The summed E-state index contributed by atoms with van der Waals surface area (Å²) in [5.74, 6) is 0.784. The van der Waals surface area contributed by atoms with Crippen LogP contribution < -0.4 is 5.32 Å². The topological polar surface area (TPSA) is 21.3 Å². The molecule has 0 bridgehead atoms. The molecule has 0 aliphatic heterocycles. The first-order chi connectivity index (χ1) is 6.31. The highest BCUT2D eigenvalue weighted by Gasteiger charge is 2.00. The lowest BCUT2D eigenvalue weighted by Crippen LogP contribution is -2.22. The predicted octanol–water partition coefficient (Wildman–Crippen LogP) is 2.44. The lowest BCUT2D eigenvalue weighted by molar-refractivity contribution is 0.140. The molecule has 0 rings (SSSR count). The first-order valence-electron chi connectivity index (χ1n) is 5.59. The van der Waals surface area contributed by atoms with E-state index >= 15 is 0 Å². The maximum Gasteiger partial charge on any atom is 0.0466 e. The van der Waals surface area contributed by atoms with E-state index in [1.54, 1.807) is 0 Å². The predicted molar refractivity (Wildman–Crippen MR) is 58.1 cm³/mol. The normalized spacial score (nSPS) is 13.2. The van der Waals surface area contributed by atoms with Crippen LogP contribution in [0.2, 0.25) is 0 Å². The number of rotatable bonds is 9. The molecule has 1 N–H and O–H groups in total. The van der Waals surface area contributed by atoms with Crippen molar-refractivity contribution in [3.63, 3.8) is 0 Å². The highest BCUT2D eigenvalue weighted by atomic mass is 16.5. The van der Waals surface area contributed by atoms with Gasteiger partial charge in [0.05, 0.1) is 0 Å². The molecule has 0 aliphatic carbocycles. The van der Waals surface area contributed by atoms with Crippen LogP contribution >= 0.6 is 0 Å². The molecule has 1 atom stereocenters. The zero-order valence-electron chi connectivity index (χ0n) is 9.44. The van der Waals surface area contributed by atoms with Crippen molar-refractivity contribution < 1.29 is 4.74 Å². The van der Waals surface area contributed by atoms with E-state index in [0.717, 1.165) is 32.2 Å². The van der Waals surface area contributed by atoms with E-state index in [1.165, 1.54) is 19.3 Å². The Kier molecular flexibility index (Phi) is 9.94. The monoisotopic (exact) mass is 187 g/mol. The van der Waals surface area contributed by atoms with Gasteiger partial charge in [0.25, 0.3) is 0 Å². The Morgan fingerprint density at radius 2 is 2.08 bits per heavy atom. The molecule has 0 spiro atoms. The molecule has 13 heavy (non-hydrogen) atoms. The molecule has 0 saturated carbocycles. The molecule has 80 valence electrons. The highest BCUT2D eigenvalue weighted by molar-refractivity contribution is 4.56. The van der Waals surface area contributed by atoms with Crippen LogP contribution in [0.1, 0.15) is 40.0 Å². The van der Waals surface area contributed by atoms with Crippen molar-refractivity contribution in [3.05, 3.63) is 0 Å². The highest BCUT2D eigenvalue weighted by Crippen LogP contribution is 2.03. The van der Waals surface area contributed by atoms with Crippen LogP contribution in [0.4, 0.5) is 0 Å². The number of hydrogen-bond acceptors (Lipinski definition) is 2. The Morgan fingerprint density at radius 3 is 2.69 bits per heavy atom. The van der Waals surface area contributed by atoms with Crippen molar-refractivity contribution in [1.29, 1.82) is 0 Å². The molecule has 0 aromatic heterocycles. The van der Waals surface area contributed by atoms with Gasteiger partial charge in [-0.1, -0.05) is 13.8 Å². The molecule has 0 aliphatic rings. The molecule has 0 heterocycles. The van der Waals surface area contributed by atoms with Gasteiger partial charge in [0, 0.05) is 13.2 Å². The second kappa shape index (κ2) is 10.0. The van der Waals surface area contributed by atoms with Gasteiger partial charge in [0.1, 0.15) is 0 Å². The smallest absolute Gasteiger partial charge is 0.0466 e. The molecule has 0 saturated heterocycles. The fourth-order valence-corrected chi connectivity index (χ4v) is 1.31.